The van der Waals surface area contributed by atoms with Crippen molar-refractivity contribution in [3.8, 4) is 0 Å². The highest BCUT2D eigenvalue weighted by Gasteiger charge is 2.18. The summed E-state index contributed by atoms with van der Waals surface area (Å²) in [6, 6.07) is 11.2. The molecule has 2 aromatic carbocycles. The van der Waals surface area contributed by atoms with Crippen molar-refractivity contribution in [2.24, 2.45) is 0 Å². The van der Waals surface area contributed by atoms with Crippen LogP contribution < -0.4 is 10.6 Å². The first-order chi connectivity index (χ1) is 13.8. The zero-order valence-electron chi connectivity index (χ0n) is 16.9. The van der Waals surface area contributed by atoms with Gasteiger partial charge in [0.05, 0.1) is 5.69 Å². The Hall–Kier alpha value is -3.25. The highest BCUT2D eigenvalue weighted by molar-refractivity contribution is 7.17. The maximum absolute atomic E-state index is 12.8. The van der Waals surface area contributed by atoms with E-state index in [0.717, 1.165) is 39.3 Å². The molecule has 0 aliphatic heterocycles. The first-order valence-corrected chi connectivity index (χ1v) is 10.0. The van der Waals surface area contributed by atoms with Crippen LogP contribution in [0.4, 0.5) is 10.8 Å². The molecular weight excluding hydrogens is 382 g/mol. The minimum absolute atomic E-state index is 0.231. The zero-order valence-corrected chi connectivity index (χ0v) is 17.7. The van der Waals surface area contributed by atoms with E-state index in [0.29, 0.717) is 21.3 Å². The molecular formula is C23H23N3O2S. The lowest BCUT2D eigenvalue weighted by Gasteiger charge is -2.12. The summed E-state index contributed by atoms with van der Waals surface area (Å²) in [5.74, 6) is -0.502. The van der Waals surface area contributed by atoms with Gasteiger partial charge in [0.1, 0.15) is 4.88 Å². The van der Waals surface area contributed by atoms with Crippen LogP contribution in [0.3, 0.4) is 0 Å². The maximum atomic E-state index is 12.8. The minimum atomic E-state index is -0.272. The largest absolute Gasteiger partial charge is 0.321 e. The Morgan fingerprint density at radius 1 is 0.966 bits per heavy atom. The molecule has 3 rings (SSSR count). The van der Waals surface area contributed by atoms with E-state index in [1.807, 2.05) is 45.0 Å². The highest BCUT2D eigenvalue weighted by atomic mass is 32.1. The number of hydrogen-bond acceptors (Lipinski definition) is 4. The van der Waals surface area contributed by atoms with E-state index in [4.69, 9.17) is 0 Å². The fraction of sp³-hybridized carbons (Fsp3) is 0.174. The summed E-state index contributed by atoms with van der Waals surface area (Å²) in [7, 11) is 0. The van der Waals surface area contributed by atoms with Gasteiger partial charge >= 0.3 is 0 Å². The smallest absolute Gasteiger partial charge is 0.267 e. The summed E-state index contributed by atoms with van der Waals surface area (Å²) < 4.78 is 0. The molecule has 0 aliphatic rings. The molecule has 6 heteroatoms. The lowest BCUT2D eigenvalue weighted by molar-refractivity contribution is 0.102. The Balaban J connectivity index is 1.76. The number of anilines is 2. The average Bonchev–Trinajstić information content (AvgIpc) is 3.04. The molecule has 0 bridgehead atoms. The average molecular weight is 406 g/mol. The normalized spacial score (nSPS) is 10.5. The summed E-state index contributed by atoms with van der Waals surface area (Å²) in [6.07, 6.45) is 1.72. The first-order valence-electron chi connectivity index (χ1n) is 9.19. The number of thiazole rings is 1. The molecule has 148 valence electrons. The number of amides is 2. The zero-order chi connectivity index (χ0) is 21.1. The number of aromatic nitrogens is 1. The summed E-state index contributed by atoms with van der Waals surface area (Å²) >= 11 is 1.16. The fourth-order valence-electron chi connectivity index (χ4n) is 3.15. The Morgan fingerprint density at radius 2 is 1.59 bits per heavy atom. The van der Waals surface area contributed by atoms with E-state index in [9.17, 15) is 9.59 Å². The van der Waals surface area contributed by atoms with Crippen LogP contribution in [0.1, 0.15) is 48.0 Å². The van der Waals surface area contributed by atoms with Crippen molar-refractivity contribution in [1.82, 2.24) is 4.98 Å². The molecule has 0 atom stereocenters. The fourth-order valence-corrected chi connectivity index (χ4v) is 4.00. The Morgan fingerprint density at radius 3 is 2.17 bits per heavy atom. The van der Waals surface area contributed by atoms with Gasteiger partial charge in [0.2, 0.25) is 0 Å². The second-order valence-electron chi connectivity index (χ2n) is 6.94. The molecule has 0 aliphatic carbocycles. The standard InChI is InChI=1S/C23H23N3O2S/c1-6-17-7-9-18(10-8-17)21(27)26-23-24-16(5)20(29-23)22(28)25-19-14(3)11-13(2)12-15(19)4/h6-12H,1H2,2-5H3,(H,25,28)(H,24,26,27). The molecule has 1 aromatic heterocycles. The summed E-state index contributed by atoms with van der Waals surface area (Å²) in [6.45, 7) is 11.4. The van der Waals surface area contributed by atoms with Crippen LogP contribution in [0.2, 0.25) is 0 Å². The number of carbonyl (C=O) groups excluding carboxylic acids is 2. The maximum Gasteiger partial charge on any atom is 0.267 e. The van der Waals surface area contributed by atoms with Crippen molar-refractivity contribution < 1.29 is 9.59 Å². The van der Waals surface area contributed by atoms with E-state index in [1.165, 1.54) is 0 Å². The van der Waals surface area contributed by atoms with Gasteiger partial charge in [0.25, 0.3) is 11.8 Å². The number of rotatable bonds is 5. The van der Waals surface area contributed by atoms with Crippen LogP contribution in [0.5, 0.6) is 0 Å². The molecule has 0 radical (unpaired) electrons. The van der Waals surface area contributed by atoms with Gasteiger partial charge in [0.15, 0.2) is 5.13 Å². The molecule has 1 heterocycles. The third-order valence-electron chi connectivity index (χ3n) is 4.55. The Labute approximate surface area is 174 Å². The van der Waals surface area contributed by atoms with E-state index in [-0.39, 0.29) is 11.8 Å². The van der Waals surface area contributed by atoms with Crippen molar-refractivity contribution in [3.05, 3.63) is 81.4 Å². The lowest BCUT2D eigenvalue weighted by Crippen LogP contribution is -2.13. The van der Waals surface area contributed by atoms with Crippen LogP contribution in [0.15, 0.2) is 43.0 Å². The molecule has 0 fully saturated rings. The van der Waals surface area contributed by atoms with Gasteiger partial charge in [-0.25, -0.2) is 4.98 Å². The van der Waals surface area contributed by atoms with Gasteiger partial charge in [-0.05, 0) is 56.5 Å². The number of nitrogens with zero attached hydrogens (tertiary/aromatic N) is 1. The molecule has 3 aromatic rings. The Bertz CT molecular complexity index is 1070. The van der Waals surface area contributed by atoms with Gasteiger partial charge in [0, 0.05) is 11.3 Å². The SMILES string of the molecule is C=Cc1ccc(C(=O)Nc2nc(C)c(C(=O)Nc3c(C)cc(C)cc3C)s2)cc1. The van der Waals surface area contributed by atoms with Gasteiger partial charge < -0.3 is 5.32 Å². The van der Waals surface area contributed by atoms with Crippen molar-refractivity contribution in [2.45, 2.75) is 27.7 Å². The van der Waals surface area contributed by atoms with Crippen LogP contribution >= 0.6 is 11.3 Å². The minimum Gasteiger partial charge on any atom is -0.321 e. The second-order valence-corrected chi connectivity index (χ2v) is 7.94. The number of carbonyl (C=O) groups is 2. The van der Waals surface area contributed by atoms with E-state index in [1.54, 1.807) is 25.1 Å². The molecule has 2 amide bonds. The van der Waals surface area contributed by atoms with Crippen LogP contribution in [0.25, 0.3) is 6.08 Å². The summed E-state index contributed by atoms with van der Waals surface area (Å²) in [5.41, 5.74) is 6.00. The van der Waals surface area contributed by atoms with Crippen molar-refractivity contribution in [3.63, 3.8) is 0 Å². The van der Waals surface area contributed by atoms with Crippen LogP contribution in [-0.2, 0) is 0 Å². The molecule has 5 nitrogen and oxygen atoms in total. The molecule has 0 spiro atoms. The number of nitrogens with one attached hydrogen (secondary N) is 2. The third kappa shape index (κ3) is 4.60. The summed E-state index contributed by atoms with van der Waals surface area (Å²) in [5, 5.41) is 6.14. The first kappa shape index (κ1) is 20.5. The van der Waals surface area contributed by atoms with E-state index in [2.05, 4.69) is 22.2 Å². The van der Waals surface area contributed by atoms with E-state index < -0.39 is 0 Å². The lowest BCUT2D eigenvalue weighted by atomic mass is 10.1. The molecule has 0 saturated heterocycles. The van der Waals surface area contributed by atoms with Crippen LogP contribution in [0, 0.1) is 27.7 Å². The van der Waals surface area contributed by atoms with Crippen molar-refractivity contribution in [2.75, 3.05) is 10.6 Å². The molecule has 0 saturated carbocycles. The van der Waals surface area contributed by atoms with Gasteiger partial charge in [-0.15, -0.1) is 0 Å². The van der Waals surface area contributed by atoms with Gasteiger partial charge in [-0.3, -0.25) is 14.9 Å². The number of aryl methyl sites for hydroxylation is 4. The highest BCUT2D eigenvalue weighted by Crippen LogP contribution is 2.27. The number of benzene rings is 2. The predicted molar refractivity (Wildman–Crippen MR) is 120 cm³/mol. The quantitative estimate of drug-likeness (QED) is 0.587. The summed E-state index contributed by atoms with van der Waals surface area (Å²) in [4.78, 5) is 30.1. The second kappa shape index (κ2) is 8.41. The molecule has 2 N–H and O–H groups in total. The molecule has 0 unspecified atom stereocenters. The molecule has 29 heavy (non-hydrogen) atoms. The van der Waals surface area contributed by atoms with Crippen molar-refractivity contribution >= 4 is 40.0 Å². The van der Waals surface area contributed by atoms with Crippen molar-refractivity contribution in [1.29, 1.82) is 0 Å². The van der Waals surface area contributed by atoms with Gasteiger partial charge in [-0.2, -0.15) is 0 Å². The third-order valence-corrected chi connectivity index (χ3v) is 5.62. The van der Waals surface area contributed by atoms with Gasteiger partial charge in [-0.1, -0.05) is 53.8 Å². The van der Waals surface area contributed by atoms with E-state index >= 15 is 0 Å². The monoisotopic (exact) mass is 405 g/mol. The Kier molecular flexibility index (Phi) is 5.94. The topological polar surface area (TPSA) is 71.1 Å². The number of hydrogen-bond donors (Lipinski definition) is 2. The predicted octanol–water partition coefficient (Wildman–Crippen LogP) is 5.52. The van der Waals surface area contributed by atoms with Crippen LogP contribution in [-0.4, -0.2) is 16.8 Å².